The topological polar surface area (TPSA) is 99.2 Å². The van der Waals surface area contributed by atoms with Crippen LogP contribution in [0.25, 0.3) is 0 Å². The number of aliphatic hydroxyl groups excluding tert-OH is 1. The van der Waals surface area contributed by atoms with Crippen molar-refractivity contribution in [3.8, 4) is 6.07 Å². The summed E-state index contributed by atoms with van der Waals surface area (Å²) >= 11 is 1.63. The van der Waals surface area contributed by atoms with Gasteiger partial charge in [0, 0.05) is 30.5 Å². The van der Waals surface area contributed by atoms with Crippen molar-refractivity contribution >= 4 is 23.1 Å². The molecule has 6 nitrogen and oxygen atoms in total. The number of nitriles is 1. The number of nitro groups is 1. The Kier molecular flexibility index (Phi) is 6.12. The highest BCUT2D eigenvalue weighted by atomic mass is 32.2. The van der Waals surface area contributed by atoms with Crippen molar-refractivity contribution in [1.29, 1.82) is 5.26 Å². The molecule has 0 radical (unpaired) electrons. The number of hydrogen-bond donors (Lipinski definition) is 2. The van der Waals surface area contributed by atoms with Crippen LogP contribution in [0.1, 0.15) is 12.0 Å². The Morgan fingerprint density at radius 3 is 2.89 bits per heavy atom. The Morgan fingerprint density at radius 2 is 2.37 bits per heavy atom. The molecule has 2 N–H and O–H groups in total. The molecule has 102 valence electrons. The fraction of sp³-hybridized carbons (Fsp3) is 0.417. The molecule has 0 saturated heterocycles. The second-order valence-corrected chi connectivity index (χ2v) is 4.82. The molecule has 0 amide bonds. The van der Waals surface area contributed by atoms with Crippen LogP contribution in [0.3, 0.4) is 0 Å². The maximum Gasteiger partial charge on any atom is 0.270 e. The smallest absolute Gasteiger partial charge is 0.270 e. The Labute approximate surface area is 115 Å². The van der Waals surface area contributed by atoms with Crippen LogP contribution in [0, 0.1) is 21.4 Å². The zero-order chi connectivity index (χ0) is 14.3. The lowest BCUT2D eigenvalue weighted by Gasteiger charge is -2.18. The van der Waals surface area contributed by atoms with E-state index < -0.39 is 4.92 Å². The van der Waals surface area contributed by atoms with Gasteiger partial charge in [0.05, 0.1) is 16.2 Å². The zero-order valence-corrected chi connectivity index (χ0v) is 11.3. The molecule has 1 unspecified atom stereocenters. The molecule has 1 aromatic rings. The summed E-state index contributed by atoms with van der Waals surface area (Å²) in [5, 5.41) is 31.8. The Bertz CT molecular complexity index is 482. The van der Waals surface area contributed by atoms with Crippen molar-refractivity contribution in [2.75, 3.05) is 23.9 Å². The van der Waals surface area contributed by atoms with Gasteiger partial charge < -0.3 is 10.4 Å². The van der Waals surface area contributed by atoms with E-state index in [0.717, 1.165) is 5.75 Å². The summed E-state index contributed by atoms with van der Waals surface area (Å²) in [7, 11) is 0. The van der Waals surface area contributed by atoms with Gasteiger partial charge in [-0.2, -0.15) is 17.0 Å². The molecule has 0 aliphatic rings. The van der Waals surface area contributed by atoms with E-state index in [9.17, 15) is 10.1 Å². The van der Waals surface area contributed by atoms with Crippen LogP contribution in [-0.2, 0) is 0 Å². The van der Waals surface area contributed by atoms with Gasteiger partial charge in [-0.05, 0) is 18.7 Å². The third-order valence-corrected chi connectivity index (χ3v) is 3.28. The number of thioether (sulfide) groups is 1. The van der Waals surface area contributed by atoms with Crippen molar-refractivity contribution in [3.63, 3.8) is 0 Å². The first-order chi connectivity index (χ1) is 9.12. The van der Waals surface area contributed by atoms with Gasteiger partial charge in [0.1, 0.15) is 6.07 Å². The predicted octanol–water partition coefficient (Wildman–Crippen LogP) is 1.99. The van der Waals surface area contributed by atoms with Gasteiger partial charge >= 0.3 is 0 Å². The molecular weight excluding hydrogens is 266 g/mol. The average Bonchev–Trinajstić information content (AvgIpc) is 2.39. The number of aliphatic hydroxyl groups is 1. The van der Waals surface area contributed by atoms with Crippen molar-refractivity contribution in [2.24, 2.45) is 0 Å². The fourth-order valence-corrected chi connectivity index (χ4v) is 2.29. The van der Waals surface area contributed by atoms with Crippen LogP contribution in [0.4, 0.5) is 11.4 Å². The first kappa shape index (κ1) is 15.3. The second-order valence-electron chi connectivity index (χ2n) is 3.91. The number of hydrogen-bond acceptors (Lipinski definition) is 6. The lowest BCUT2D eigenvalue weighted by molar-refractivity contribution is -0.384. The second kappa shape index (κ2) is 7.61. The van der Waals surface area contributed by atoms with Gasteiger partial charge in [-0.3, -0.25) is 10.1 Å². The third-order valence-electron chi connectivity index (χ3n) is 2.54. The van der Waals surface area contributed by atoms with E-state index in [1.807, 2.05) is 12.3 Å². The number of nitro benzene ring substituents is 1. The molecule has 0 aliphatic heterocycles. The van der Waals surface area contributed by atoms with E-state index in [0.29, 0.717) is 12.1 Å². The Balaban J connectivity index is 2.93. The number of nitrogens with zero attached hydrogens (tertiary/aromatic N) is 2. The van der Waals surface area contributed by atoms with Crippen molar-refractivity contribution in [3.05, 3.63) is 33.9 Å². The van der Waals surface area contributed by atoms with E-state index in [4.69, 9.17) is 10.4 Å². The van der Waals surface area contributed by atoms with Crippen molar-refractivity contribution < 1.29 is 10.0 Å². The monoisotopic (exact) mass is 281 g/mol. The van der Waals surface area contributed by atoms with Crippen molar-refractivity contribution in [2.45, 2.75) is 12.5 Å². The van der Waals surface area contributed by atoms with E-state index in [1.165, 1.54) is 18.2 Å². The standard InChI is InChI=1S/C12H15N3O3S/c1-19-8-10(4-5-16)14-12-3-2-11(15(17)18)6-9(12)7-13/h2-3,6,10,14,16H,4-5,8H2,1H3. The summed E-state index contributed by atoms with van der Waals surface area (Å²) < 4.78 is 0. The summed E-state index contributed by atoms with van der Waals surface area (Å²) in [5.41, 5.74) is 0.685. The Morgan fingerprint density at radius 1 is 1.63 bits per heavy atom. The summed E-state index contributed by atoms with van der Waals surface area (Å²) in [4.78, 5) is 10.1. The number of non-ortho nitro benzene ring substituents is 1. The van der Waals surface area contributed by atoms with Crippen LogP contribution < -0.4 is 5.32 Å². The molecule has 0 fully saturated rings. The molecule has 1 aromatic carbocycles. The molecule has 0 bridgehead atoms. The minimum Gasteiger partial charge on any atom is -0.396 e. The van der Waals surface area contributed by atoms with Gasteiger partial charge in [-0.1, -0.05) is 0 Å². The van der Waals surface area contributed by atoms with E-state index in [2.05, 4.69) is 5.32 Å². The van der Waals surface area contributed by atoms with Crippen LogP contribution >= 0.6 is 11.8 Å². The molecule has 0 aromatic heterocycles. The highest BCUT2D eigenvalue weighted by Crippen LogP contribution is 2.23. The molecule has 0 aliphatic carbocycles. The quantitative estimate of drug-likeness (QED) is 0.585. The SMILES string of the molecule is CSCC(CCO)Nc1ccc([N+](=O)[O-])cc1C#N. The Hall–Kier alpha value is -1.78. The molecule has 7 heteroatoms. The lowest BCUT2D eigenvalue weighted by Crippen LogP contribution is -2.24. The van der Waals surface area contributed by atoms with Crippen LogP contribution in [0.2, 0.25) is 0 Å². The molecule has 1 rings (SSSR count). The highest BCUT2D eigenvalue weighted by Gasteiger charge is 2.13. The maximum atomic E-state index is 10.6. The van der Waals surface area contributed by atoms with Crippen molar-refractivity contribution in [1.82, 2.24) is 0 Å². The molecular formula is C12H15N3O3S. The number of anilines is 1. The van der Waals surface area contributed by atoms with Crippen LogP contribution in [-0.4, -0.2) is 34.7 Å². The molecule has 0 saturated carbocycles. The van der Waals surface area contributed by atoms with E-state index >= 15 is 0 Å². The van der Waals surface area contributed by atoms with Crippen LogP contribution in [0.15, 0.2) is 18.2 Å². The summed E-state index contributed by atoms with van der Waals surface area (Å²) in [5.74, 6) is 0.780. The lowest BCUT2D eigenvalue weighted by atomic mass is 10.1. The normalized spacial score (nSPS) is 11.6. The van der Waals surface area contributed by atoms with Gasteiger partial charge in [-0.15, -0.1) is 0 Å². The molecule has 0 heterocycles. The van der Waals surface area contributed by atoms with Gasteiger partial charge in [0.25, 0.3) is 5.69 Å². The van der Waals surface area contributed by atoms with E-state index in [-0.39, 0.29) is 23.9 Å². The summed E-state index contributed by atoms with van der Waals surface area (Å²) in [6, 6.07) is 6.10. The zero-order valence-electron chi connectivity index (χ0n) is 10.5. The average molecular weight is 281 g/mol. The third kappa shape index (κ3) is 4.43. The first-order valence-electron chi connectivity index (χ1n) is 5.67. The van der Waals surface area contributed by atoms with Gasteiger partial charge in [0.2, 0.25) is 0 Å². The van der Waals surface area contributed by atoms with Crippen LogP contribution in [0.5, 0.6) is 0 Å². The minimum atomic E-state index is -0.530. The molecule has 0 spiro atoms. The summed E-state index contributed by atoms with van der Waals surface area (Å²) in [6.45, 7) is 0.0487. The minimum absolute atomic E-state index is 0.0218. The maximum absolute atomic E-state index is 10.6. The number of benzene rings is 1. The first-order valence-corrected chi connectivity index (χ1v) is 7.06. The molecule has 1 atom stereocenters. The van der Waals surface area contributed by atoms with E-state index in [1.54, 1.807) is 11.8 Å². The van der Waals surface area contributed by atoms with Gasteiger partial charge in [-0.25, -0.2) is 0 Å². The number of nitrogens with one attached hydrogen (secondary N) is 1. The van der Waals surface area contributed by atoms with Gasteiger partial charge in [0.15, 0.2) is 0 Å². The predicted molar refractivity (Wildman–Crippen MR) is 75.3 cm³/mol. The largest absolute Gasteiger partial charge is 0.396 e. The highest BCUT2D eigenvalue weighted by molar-refractivity contribution is 7.98. The number of rotatable bonds is 7. The molecule has 19 heavy (non-hydrogen) atoms. The fourth-order valence-electron chi connectivity index (χ4n) is 1.64. The summed E-state index contributed by atoms with van der Waals surface area (Å²) in [6.07, 6.45) is 2.51.